The summed E-state index contributed by atoms with van der Waals surface area (Å²) >= 11 is 2.18. The molecule has 1 aliphatic heterocycles. The lowest BCUT2D eigenvalue weighted by Crippen LogP contribution is -2.41. The number of nitrogens with zero attached hydrogens (tertiary/aromatic N) is 1. The number of hydrogen-bond acceptors (Lipinski definition) is 3. The van der Waals surface area contributed by atoms with E-state index in [1.807, 2.05) is 42.5 Å². The van der Waals surface area contributed by atoms with E-state index >= 15 is 0 Å². The first-order chi connectivity index (χ1) is 11.0. The standard InChI is InChI=1S/C16H12IN3O3/c17-10-6-7-12-11(8-10)13(9-4-2-1-3-5-9)19-14(15(21)18-12)20-16(22)23/h1-8,14,20H,(H,18,21)(H,22,23). The van der Waals surface area contributed by atoms with Gasteiger partial charge in [0, 0.05) is 14.7 Å². The minimum atomic E-state index is -1.30. The van der Waals surface area contributed by atoms with Crippen LogP contribution in [0.4, 0.5) is 10.5 Å². The molecule has 0 bridgehead atoms. The van der Waals surface area contributed by atoms with Gasteiger partial charge in [-0.25, -0.2) is 9.79 Å². The van der Waals surface area contributed by atoms with E-state index < -0.39 is 18.2 Å². The lowest BCUT2D eigenvalue weighted by molar-refractivity contribution is -0.117. The van der Waals surface area contributed by atoms with Gasteiger partial charge in [0.2, 0.25) is 6.17 Å². The van der Waals surface area contributed by atoms with Gasteiger partial charge in [0.25, 0.3) is 5.91 Å². The number of anilines is 1. The molecular formula is C16H12IN3O3. The largest absolute Gasteiger partial charge is 0.465 e. The number of hydrogen-bond donors (Lipinski definition) is 3. The average molecular weight is 421 g/mol. The Labute approximate surface area is 145 Å². The molecule has 6 nitrogen and oxygen atoms in total. The van der Waals surface area contributed by atoms with Gasteiger partial charge in [-0.2, -0.15) is 0 Å². The van der Waals surface area contributed by atoms with Crippen LogP contribution >= 0.6 is 22.6 Å². The van der Waals surface area contributed by atoms with Crippen LogP contribution < -0.4 is 10.6 Å². The van der Waals surface area contributed by atoms with E-state index in [9.17, 15) is 9.59 Å². The molecule has 0 aliphatic carbocycles. The Balaban J connectivity index is 2.18. The minimum absolute atomic E-state index is 0.513. The molecular weight excluding hydrogens is 409 g/mol. The van der Waals surface area contributed by atoms with Gasteiger partial charge in [-0.05, 0) is 40.8 Å². The fraction of sp³-hybridized carbons (Fsp3) is 0.0625. The van der Waals surface area contributed by atoms with Crippen LogP contribution in [-0.2, 0) is 4.79 Å². The Kier molecular flexibility index (Phi) is 4.28. The smallest absolute Gasteiger partial charge is 0.406 e. The van der Waals surface area contributed by atoms with Gasteiger partial charge in [-0.1, -0.05) is 30.3 Å². The Morgan fingerprint density at radius 3 is 2.65 bits per heavy atom. The number of rotatable bonds is 2. The second-order valence-electron chi connectivity index (χ2n) is 4.87. The van der Waals surface area contributed by atoms with Crippen molar-refractivity contribution in [2.45, 2.75) is 6.17 Å². The van der Waals surface area contributed by atoms with Crippen LogP contribution in [0, 0.1) is 3.57 Å². The van der Waals surface area contributed by atoms with E-state index in [4.69, 9.17) is 5.11 Å². The number of nitrogens with one attached hydrogen (secondary N) is 2. The molecule has 3 rings (SSSR count). The van der Waals surface area contributed by atoms with Gasteiger partial charge in [-0.3, -0.25) is 10.1 Å². The van der Waals surface area contributed by atoms with Gasteiger partial charge in [0.1, 0.15) is 0 Å². The van der Waals surface area contributed by atoms with Gasteiger partial charge in [0.05, 0.1) is 11.4 Å². The fourth-order valence-corrected chi connectivity index (χ4v) is 2.81. The van der Waals surface area contributed by atoms with E-state index in [1.54, 1.807) is 6.07 Å². The Bertz CT molecular complexity index is 805. The van der Waals surface area contributed by atoms with E-state index in [0.29, 0.717) is 11.4 Å². The lowest BCUT2D eigenvalue weighted by Gasteiger charge is -2.10. The van der Waals surface area contributed by atoms with Crippen LogP contribution in [0.1, 0.15) is 11.1 Å². The van der Waals surface area contributed by atoms with Crippen LogP contribution in [-0.4, -0.2) is 29.0 Å². The highest BCUT2D eigenvalue weighted by molar-refractivity contribution is 14.1. The summed E-state index contributed by atoms with van der Waals surface area (Å²) in [4.78, 5) is 27.5. The number of fused-ring (bicyclic) bond motifs is 1. The Hall–Kier alpha value is -2.42. The van der Waals surface area contributed by atoms with Gasteiger partial charge in [0.15, 0.2) is 0 Å². The normalized spacial score (nSPS) is 16.7. The molecule has 0 saturated carbocycles. The lowest BCUT2D eigenvalue weighted by atomic mass is 10.0. The maximum atomic E-state index is 12.2. The molecule has 0 fully saturated rings. The number of halogens is 1. The fourth-order valence-electron chi connectivity index (χ4n) is 2.32. The number of carbonyl (C=O) groups is 2. The van der Waals surface area contributed by atoms with Crippen molar-refractivity contribution in [2.75, 3.05) is 5.32 Å². The van der Waals surface area contributed by atoms with Crippen molar-refractivity contribution in [3.8, 4) is 0 Å². The van der Waals surface area contributed by atoms with E-state index in [0.717, 1.165) is 14.7 Å². The van der Waals surface area contributed by atoms with Crippen molar-refractivity contribution in [3.63, 3.8) is 0 Å². The van der Waals surface area contributed by atoms with Crippen molar-refractivity contribution >= 4 is 46.0 Å². The molecule has 2 amide bonds. The molecule has 23 heavy (non-hydrogen) atoms. The van der Waals surface area contributed by atoms with Gasteiger partial charge >= 0.3 is 6.09 Å². The molecule has 7 heteroatoms. The molecule has 2 aromatic rings. The van der Waals surface area contributed by atoms with Crippen molar-refractivity contribution in [3.05, 3.63) is 63.2 Å². The molecule has 1 heterocycles. The minimum Gasteiger partial charge on any atom is -0.465 e. The molecule has 1 atom stereocenters. The average Bonchev–Trinajstić information content (AvgIpc) is 2.65. The number of benzodiazepines with no additional fused rings is 1. The monoisotopic (exact) mass is 421 g/mol. The zero-order valence-corrected chi connectivity index (χ0v) is 13.9. The Morgan fingerprint density at radius 2 is 1.96 bits per heavy atom. The molecule has 1 unspecified atom stereocenters. The Morgan fingerprint density at radius 1 is 1.22 bits per heavy atom. The second kappa shape index (κ2) is 6.37. The van der Waals surface area contributed by atoms with E-state index in [2.05, 4.69) is 38.2 Å². The molecule has 2 aromatic carbocycles. The SMILES string of the molecule is O=C(O)NC1N=C(c2ccccc2)c2cc(I)ccc2NC1=O. The highest BCUT2D eigenvalue weighted by Gasteiger charge is 2.27. The predicted octanol–water partition coefficient (Wildman–Crippen LogP) is 2.67. The maximum absolute atomic E-state index is 12.2. The van der Waals surface area contributed by atoms with Crippen molar-refractivity contribution in [2.24, 2.45) is 4.99 Å². The van der Waals surface area contributed by atoms with Gasteiger partial charge < -0.3 is 10.4 Å². The van der Waals surface area contributed by atoms with Crippen molar-refractivity contribution in [1.29, 1.82) is 0 Å². The summed E-state index contributed by atoms with van der Waals surface area (Å²) in [7, 11) is 0. The molecule has 0 radical (unpaired) electrons. The zero-order valence-electron chi connectivity index (χ0n) is 11.8. The molecule has 116 valence electrons. The third-order valence-corrected chi connectivity index (χ3v) is 3.98. The van der Waals surface area contributed by atoms with Crippen LogP contribution in [0.15, 0.2) is 53.5 Å². The zero-order chi connectivity index (χ0) is 16.4. The molecule has 0 spiro atoms. The molecule has 1 aliphatic rings. The highest BCUT2D eigenvalue weighted by atomic mass is 127. The molecule has 0 saturated heterocycles. The summed E-state index contributed by atoms with van der Waals surface area (Å²) in [5, 5.41) is 13.8. The summed E-state index contributed by atoms with van der Waals surface area (Å²) < 4.78 is 0.990. The summed E-state index contributed by atoms with van der Waals surface area (Å²) in [5.74, 6) is -0.513. The highest BCUT2D eigenvalue weighted by Crippen LogP contribution is 2.25. The summed E-state index contributed by atoms with van der Waals surface area (Å²) in [6, 6.07) is 14.9. The second-order valence-corrected chi connectivity index (χ2v) is 6.12. The number of carboxylic acid groups (broad SMARTS) is 1. The molecule has 3 N–H and O–H groups in total. The van der Waals surface area contributed by atoms with Crippen LogP contribution in [0.25, 0.3) is 0 Å². The van der Waals surface area contributed by atoms with Gasteiger partial charge in [-0.15, -0.1) is 0 Å². The predicted molar refractivity (Wildman–Crippen MR) is 94.8 cm³/mol. The summed E-state index contributed by atoms with van der Waals surface area (Å²) in [6.07, 6.45) is -2.50. The van der Waals surface area contributed by atoms with E-state index in [1.165, 1.54) is 0 Å². The van der Waals surface area contributed by atoms with Crippen molar-refractivity contribution in [1.82, 2.24) is 5.32 Å². The third-order valence-electron chi connectivity index (χ3n) is 3.31. The number of aliphatic imine (C=N–C) groups is 1. The number of amides is 2. The quantitative estimate of drug-likeness (QED) is 0.652. The molecule has 0 aromatic heterocycles. The summed E-state index contributed by atoms with van der Waals surface area (Å²) in [5.41, 5.74) is 2.74. The number of carbonyl (C=O) groups excluding carboxylic acids is 1. The topological polar surface area (TPSA) is 90.8 Å². The van der Waals surface area contributed by atoms with Crippen molar-refractivity contribution < 1.29 is 14.7 Å². The number of benzene rings is 2. The summed E-state index contributed by atoms with van der Waals surface area (Å²) in [6.45, 7) is 0. The van der Waals surface area contributed by atoms with Crippen LogP contribution in [0.5, 0.6) is 0 Å². The maximum Gasteiger partial charge on any atom is 0.406 e. The first-order valence-corrected chi connectivity index (χ1v) is 7.86. The van der Waals surface area contributed by atoms with E-state index in [-0.39, 0.29) is 0 Å². The first kappa shape index (κ1) is 15.5. The van der Waals surface area contributed by atoms with Crippen LogP contribution in [0.2, 0.25) is 0 Å². The third kappa shape index (κ3) is 3.34. The first-order valence-electron chi connectivity index (χ1n) is 6.78. The van der Waals surface area contributed by atoms with Crippen LogP contribution in [0.3, 0.4) is 0 Å².